The summed E-state index contributed by atoms with van der Waals surface area (Å²) >= 11 is 23.5. The lowest BCUT2D eigenvalue weighted by Crippen LogP contribution is -1.93. The predicted molar refractivity (Wildman–Crippen MR) is 74.1 cm³/mol. The van der Waals surface area contributed by atoms with E-state index in [0.29, 0.717) is 37.0 Å². The highest BCUT2D eigenvalue weighted by Gasteiger charge is 2.10. The molecule has 2 aromatic rings. The molecule has 88 valence electrons. The van der Waals surface area contributed by atoms with Gasteiger partial charge in [-0.15, -0.1) is 0 Å². The number of nitrogen functional groups attached to an aromatic ring is 1. The Morgan fingerprint density at radius 3 is 2.06 bits per heavy atom. The fourth-order valence-corrected chi connectivity index (χ4v) is 2.15. The van der Waals surface area contributed by atoms with E-state index in [2.05, 4.69) is 4.98 Å². The first kappa shape index (κ1) is 12.8. The number of benzene rings is 1. The van der Waals surface area contributed by atoms with Crippen LogP contribution in [0.25, 0.3) is 11.3 Å². The highest BCUT2D eigenvalue weighted by molar-refractivity contribution is 6.48. The van der Waals surface area contributed by atoms with Gasteiger partial charge < -0.3 is 5.73 Å². The van der Waals surface area contributed by atoms with Gasteiger partial charge in [-0.3, -0.25) is 4.98 Å². The molecule has 0 aliphatic rings. The van der Waals surface area contributed by atoms with Crippen molar-refractivity contribution in [2.75, 3.05) is 5.73 Å². The van der Waals surface area contributed by atoms with E-state index in [9.17, 15) is 0 Å². The molecule has 1 aromatic carbocycles. The number of pyridine rings is 1. The molecule has 0 spiro atoms. The fraction of sp³-hybridized carbons (Fsp3) is 0. The number of rotatable bonds is 1. The van der Waals surface area contributed by atoms with Crippen LogP contribution in [0.1, 0.15) is 0 Å². The number of aromatic nitrogens is 1. The average molecular weight is 308 g/mol. The molecule has 0 amide bonds. The van der Waals surface area contributed by atoms with Crippen molar-refractivity contribution in [3.63, 3.8) is 0 Å². The van der Waals surface area contributed by atoms with Crippen LogP contribution in [0.3, 0.4) is 0 Å². The Kier molecular flexibility index (Phi) is 3.69. The highest BCUT2D eigenvalue weighted by atomic mass is 35.5. The lowest BCUT2D eigenvalue weighted by Gasteiger charge is -2.07. The molecule has 0 aliphatic carbocycles. The maximum absolute atomic E-state index is 5.94. The van der Waals surface area contributed by atoms with Crippen LogP contribution in [0.4, 0.5) is 5.69 Å². The second-order valence-electron chi connectivity index (χ2n) is 3.35. The highest BCUT2D eigenvalue weighted by Crippen LogP contribution is 2.36. The number of anilines is 1. The predicted octanol–water partition coefficient (Wildman–Crippen LogP) is 4.94. The van der Waals surface area contributed by atoms with Crippen molar-refractivity contribution < 1.29 is 0 Å². The third-order valence-corrected chi connectivity index (χ3v) is 3.54. The van der Waals surface area contributed by atoms with Gasteiger partial charge in [-0.05, 0) is 18.2 Å². The van der Waals surface area contributed by atoms with E-state index in [1.165, 1.54) is 6.20 Å². The van der Waals surface area contributed by atoms with Crippen molar-refractivity contribution in [1.29, 1.82) is 0 Å². The number of nitrogens with zero attached hydrogens (tertiary/aromatic N) is 1. The smallest absolute Gasteiger partial charge is 0.0933 e. The Bertz CT molecular complexity index is 561. The van der Waals surface area contributed by atoms with Crippen molar-refractivity contribution in [1.82, 2.24) is 4.98 Å². The Balaban J connectivity index is 2.61. The summed E-state index contributed by atoms with van der Waals surface area (Å²) in [6, 6.07) is 4.92. The van der Waals surface area contributed by atoms with Crippen molar-refractivity contribution >= 4 is 52.1 Å². The van der Waals surface area contributed by atoms with Crippen molar-refractivity contribution in [3.8, 4) is 11.3 Å². The van der Waals surface area contributed by atoms with E-state index < -0.39 is 0 Å². The molecule has 0 saturated heterocycles. The molecule has 2 N–H and O–H groups in total. The topological polar surface area (TPSA) is 38.9 Å². The van der Waals surface area contributed by atoms with Crippen LogP contribution >= 0.6 is 46.4 Å². The molecular weight excluding hydrogens is 302 g/mol. The van der Waals surface area contributed by atoms with E-state index >= 15 is 0 Å². The number of nitrogens with two attached hydrogens (primary N) is 1. The molecule has 0 atom stereocenters. The first-order valence-electron chi connectivity index (χ1n) is 4.55. The first-order valence-corrected chi connectivity index (χ1v) is 6.06. The SMILES string of the molecule is Nc1cc(Cl)cnc1-c1cc(Cl)c(Cl)c(Cl)c1. The van der Waals surface area contributed by atoms with Crippen molar-refractivity contribution in [2.45, 2.75) is 0 Å². The summed E-state index contributed by atoms with van der Waals surface area (Å²) in [6.07, 6.45) is 1.50. The monoisotopic (exact) mass is 306 g/mol. The molecule has 2 nitrogen and oxygen atoms in total. The summed E-state index contributed by atoms with van der Waals surface area (Å²) in [5.74, 6) is 0. The van der Waals surface area contributed by atoms with E-state index in [0.717, 1.165) is 0 Å². The minimum absolute atomic E-state index is 0.310. The molecule has 0 aliphatic heterocycles. The Morgan fingerprint density at radius 1 is 0.941 bits per heavy atom. The van der Waals surface area contributed by atoms with Gasteiger partial charge in [0.25, 0.3) is 0 Å². The summed E-state index contributed by atoms with van der Waals surface area (Å²) < 4.78 is 0. The molecule has 17 heavy (non-hydrogen) atoms. The number of halogens is 4. The maximum atomic E-state index is 5.94. The van der Waals surface area contributed by atoms with E-state index in [4.69, 9.17) is 52.1 Å². The molecule has 0 saturated carbocycles. The summed E-state index contributed by atoms with van der Waals surface area (Å²) in [7, 11) is 0. The molecule has 6 heteroatoms. The minimum atomic E-state index is 0.310. The van der Waals surface area contributed by atoms with Crippen LogP contribution < -0.4 is 5.73 Å². The summed E-state index contributed by atoms with van der Waals surface area (Å²) in [6.45, 7) is 0. The third kappa shape index (κ3) is 2.61. The van der Waals surface area contributed by atoms with Crippen molar-refractivity contribution in [2.24, 2.45) is 0 Å². The van der Waals surface area contributed by atoms with Crippen LogP contribution in [-0.2, 0) is 0 Å². The lowest BCUT2D eigenvalue weighted by atomic mass is 10.1. The average Bonchev–Trinajstić information content (AvgIpc) is 2.25. The second kappa shape index (κ2) is 4.91. The van der Waals surface area contributed by atoms with Gasteiger partial charge in [0.2, 0.25) is 0 Å². The van der Waals surface area contributed by atoms with Crippen LogP contribution in [0, 0.1) is 0 Å². The molecule has 2 rings (SSSR count). The minimum Gasteiger partial charge on any atom is -0.397 e. The molecule has 0 unspecified atom stereocenters. The van der Waals surface area contributed by atoms with Gasteiger partial charge in [-0.25, -0.2) is 0 Å². The molecule has 1 aromatic heterocycles. The zero-order valence-electron chi connectivity index (χ0n) is 8.35. The van der Waals surface area contributed by atoms with Gasteiger partial charge in [0, 0.05) is 11.8 Å². The molecule has 0 radical (unpaired) electrons. The lowest BCUT2D eigenvalue weighted by molar-refractivity contribution is 1.33. The second-order valence-corrected chi connectivity index (χ2v) is 4.97. The van der Waals surface area contributed by atoms with Crippen LogP contribution in [-0.4, -0.2) is 4.98 Å². The summed E-state index contributed by atoms with van der Waals surface area (Å²) in [4.78, 5) is 4.14. The van der Waals surface area contributed by atoms with Crippen LogP contribution in [0.5, 0.6) is 0 Å². The molecule has 0 bridgehead atoms. The van der Waals surface area contributed by atoms with Gasteiger partial charge >= 0.3 is 0 Å². The van der Waals surface area contributed by atoms with Gasteiger partial charge in [0.15, 0.2) is 0 Å². The quantitative estimate of drug-likeness (QED) is 0.757. The van der Waals surface area contributed by atoms with Gasteiger partial charge in [-0.2, -0.15) is 0 Å². The summed E-state index contributed by atoms with van der Waals surface area (Å²) in [5, 5.41) is 1.48. The van der Waals surface area contributed by atoms with E-state index in [-0.39, 0.29) is 0 Å². The van der Waals surface area contributed by atoms with Gasteiger partial charge in [0.05, 0.1) is 31.5 Å². The van der Waals surface area contributed by atoms with Crippen LogP contribution in [0.2, 0.25) is 20.1 Å². The van der Waals surface area contributed by atoms with Gasteiger partial charge in [-0.1, -0.05) is 46.4 Å². The summed E-state index contributed by atoms with van der Waals surface area (Å²) in [5.41, 5.74) is 7.53. The fourth-order valence-electron chi connectivity index (χ4n) is 1.39. The van der Waals surface area contributed by atoms with Crippen molar-refractivity contribution in [3.05, 3.63) is 44.5 Å². The van der Waals surface area contributed by atoms with E-state index in [1.54, 1.807) is 18.2 Å². The zero-order chi connectivity index (χ0) is 12.6. The normalized spacial score (nSPS) is 10.6. The number of hydrogen-bond donors (Lipinski definition) is 1. The number of hydrogen-bond acceptors (Lipinski definition) is 2. The van der Waals surface area contributed by atoms with Gasteiger partial charge in [0.1, 0.15) is 0 Å². The molecule has 1 heterocycles. The standard InChI is InChI=1S/C11H6Cl4N2/c12-6-3-9(16)11(17-4-6)5-1-7(13)10(15)8(14)2-5/h1-4H,16H2. The Labute approximate surface area is 118 Å². The van der Waals surface area contributed by atoms with Crippen LogP contribution in [0.15, 0.2) is 24.4 Å². The third-order valence-electron chi connectivity index (χ3n) is 2.14. The maximum Gasteiger partial charge on any atom is 0.0933 e. The molecular formula is C11H6Cl4N2. The Hall–Kier alpha value is -0.670. The largest absolute Gasteiger partial charge is 0.397 e. The molecule has 0 fully saturated rings. The first-order chi connectivity index (χ1) is 7.99. The zero-order valence-corrected chi connectivity index (χ0v) is 11.4. The van der Waals surface area contributed by atoms with E-state index in [1.807, 2.05) is 0 Å². The Morgan fingerprint density at radius 2 is 1.53 bits per heavy atom.